The molecule has 1 fully saturated rings. The lowest BCUT2D eigenvalue weighted by Crippen LogP contribution is -2.52. The first-order chi connectivity index (χ1) is 6.52. The molecule has 1 aliphatic rings. The summed E-state index contributed by atoms with van der Waals surface area (Å²) in [6.07, 6.45) is 1.15. The van der Waals surface area contributed by atoms with E-state index in [1.807, 2.05) is 0 Å². The monoisotopic (exact) mass is 217 g/mol. The van der Waals surface area contributed by atoms with E-state index >= 15 is 0 Å². The Morgan fingerprint density at radius 2 is 2.00 bits per heavy atom. The van der Waals surface area contributed by atoms with E-state index in [2.05, 4.69) is 33.0 Å². The standard InChI is InChI=1S/C11H23NOS/c1-8(2)7-10-11(9(3)4)14(13)6-5-12-10/h8-12H,5-7H2,1-4H3. The van der Waals surface area contributed by atoms with E-state index < -0.39 is 10.8 Å². The van der Waals surface area contributed by atoms with E-state index in [0.29, 0.717) is 23.1 Å². The van der Waals surface area contributed by atoms with Gasteiger partial charge in [-0.05, 0) is 18.3 Å². The van der Waals surface area contributed by atoms with Gasteiger partial charge in [0.05, 0.1) is 5.25 Å². The molecule has 1 heterocycles. The zero-order valence-corrected chi connectivity index (χ0v) is 10.6. The fourth-order valence-electron chi connectivity index (χ4n) is 2.27. The molecule has 2 nitrogen and oxygen atoms in total. The Kier molecular flexibility index (Phi) is 4.58. The number of hydrogen-bond acceptors (Lipinski definition) is 2. The van der Waals surface area contributed by atoms with Crippen molar-refractivity contribution in [2.45, 2.75) is 45.4 Å². The normalized spacial score (nSPS) is 34.0. The van der Waals surface area contributed by atoms with Crippen molar-refractivity contribution in [1.82, 2.24) is 5.32 Å². The molecule has 0 saturated carbocycles. The highest BCUT2D eigenvalue weighted by Crippen LogP contribution is 2.22. The van der Waals surface area contributed by atoms with Gasteiger partial charge in [-0.1, -0.05) is 27.7 Å². The van der Waals surface area contributed by atoms with Gasteiger partial charge < -0.3 is 5.32 Å². The molecule has 0 aliphatic carbocycles. The Morgan fingerprint density at radius 3 is 2.50 bits per heavy atom. The van der Waals surface area contributed by atoms with Crippen molar-refractivity contribution in [1.29, 1.82) is 0 Å². The smallest absolute Gasteiger partial charge is 0.0524 e. The Bertz CT molecular complexity index is 203. The predicted octanol–water partition coefficient (Wildman–Crippen LogP) is 1.78. The first kappa shape index (κ1) is 12.2. The van der Waals surface area contributed by atoms with Crippen LogP contribution in [0.4, 0.5) is 0 Å². The zero-order chi connectivity index (χ0) is 10.7. The molecular formula is C11H23NOS. The summed E-state index contributed by atoms with van der Waals surface area (Å²) in [6, 6.07) is 0.463. The van der Waals surface area contributed by atoms with Crippen molar-refractivity contribution in [2.75, 3.05) is 12.3 Å². The van der Waals surface area contributed by atoms with Gasteiger partial charge in [0.25, 0.3) is 0 Å². The maximum Gasteiger partial charge on any atom is 0.0524 e. The molecule has 1 saturated heterocycles. The highest BCUT2D eigenvalue weighted by molar-refractivity contribution is 7.85. The van der Waals surface area contributed by atoms with Crippen LogP contribution in [0.15, 0.2) is 0 Å². The quantitative estimate of drug-likeness (QED) is 0.781. The molecule has 14 heavy (non-hydrogen) atoms. The van der Waals surface area contributed by atoms with Crippen molar-refractivity contribution in [2.24, 2.45) is 11.8 Å². The van der Waals surface area contributed by atoms with Gasteiger partial charge >= 0.3 is 0 Å². The predicted molar refractivity (Wildman–Crippen MR) is 62.9 cm³/mol. The average Bonchev–Trinajstić information content (AvgIpc) is 2.01. The minimum Gasteiger partial charge on any atom is -0.312 e. The van der Waals surface area contributed by atoms with Gasteiger partial charge in [0.2, 0.25) is 0 Å². The van der Waals surface area contributed by atoms with Gasteiger partial charge in [-0.25, -0.2) is 0 Å². The highest BCUT2D eigenvalue weighted by atomic mass is 32.2. The second-order valence-electron chi connectivity index (χ2n) is 4.98. The first-order valence-electron chi connectivity index (χ1n) is 5.63. The van der Waals surface area contributed by atoms with Crippen molar-refractivity contribution in [3.05, 3.63) is 0 Å². The lowest BCUT2D eigenvalue weighted by Gasteiger charge is -2.35. The maximum atomic E-state index is 11.9. The largest absolute Gasteiger partial charge is 0.312 e. The molecule has 3 heteroatoms. The van der Waals surface area contributed by atoms with Gasteiger partial charge in [0, 0.05) is 29.1 Å². The van der Waals surface area contributed by atoms with Gasteiger partial charge in [-0.3, -0.25) is 4.21 Å². The van der Waals surface area contributed by atoms with E-state index in [-0.39, 0.29) is 0 Å². The van der Waals surface area contributed by atoms with Crippen LogP contribution in [0.25, 0.3) is 0 Å². The van der Waals surface area contributed by atoms with E-state index in [1.165, 1.54) is 0 Å². The van der Waals surface area contributed by atoms with Crippen LogP contribution in [0.2, 0.25) is 0 Å². The summed E-state index contributed by atoms with van der Waals surface area (Å²) in [6.45, 7) is 9.76. The second kappa shape index (κ2) is 5.26. The van der Waals surface area contributed by atoms with Gasteiger partial charge in [-0.15, -0.1) is 0 Å². The van der Waals surface area contributed by atoms with Gasteiger partial charge in [0.15, 0.2) is 0 Å². The number of hydrogen-bond donors (Lipinski definition) is 1. The van der Waals surface area contributed by atoms with Crippen LogP contribution in [-0.4, -0.2) is 27.8 Å². The SMILES string of the molecule is CC(C)CC1NCCS(=O)C1C(C)C. The van der Waals surface area contributed by atoms with Gasteiger partial charge in [0.1, 0.15) is 0 Å². The molecular weight excluding hydrogens is 194 g/mol. The molecule has 3 unspecified atom stereocenters. The average molecular weight is 217 g/mol. The second-order valence-corrected chi connectivity index (χ2v) is 6.70. The zero-order valence-electron chi connectivity index (χ0n) is 9.75. The number of rotatable bonds is 3. The molecule has 0 radical (unpaired) electrons. The summed E-state index contributed by atoms with van der Waals surface area (Å²) in [5.74, 6) is 2.04. The van der Waals surface area contributed by atoms with Crippen LogP contribution in [0.1, 0.15) is 34.1 Å². The molecule has 0 aromatic carbocycles. The van der Waals surface area contributed by atoms with Crippen LogP contribution >= 0.6 is 0 Å². The molecule has 1 rings (SSSR count). The summed E-state index contributed by atoms with van der Waals surface area (Å²) < 4.78 is 11.9. The van der Waals surface area contributed by atoms with Gasteiger partial charge in [-0.2, -0.15) is 0 Å². The molecule has 1 N–H and O–H groups in total. The van der Waals surface area contributed by atoms with Crippen molar-refractivity contribution < 1.29 is 4.21 Å². The minimum absolute atomic E-state index is 0.353. The molecule has 3 atom stereocenters. The van der Waals surface area contributed by atoms with Crippen molar-refractivity contribution in [3.63, 3.8) is 0 Å². The Hall–Kier alpha value is 0.110. The lowest BCUT2D eigenvalue weighted by atomic mass is 9.95. The molecule has 0 bridgehead atoms. The molecule has 0 aromatic heterocycles. The minimum atomic E-state index is -0.617. The summed E-state index contributed by atoms with van der Waals surface area (Å²) in [7, 11) is -0.617. The molecule has 84 valence electrons. The fraction of sp³-hybridized carbons (Fsp3) is 1.00. The fourth-order valence-corrected chi connectivity index (χ4v) is 4.05. The summed E-state index contributed by atoms with van der Waals surface area (Å²) in [5.41, 5.74) is 0. The summed E-state index contributed by atoms with van der Waals surface area (Å²) >= 11 is 0. The van der Waals surface area contributed by atoms with E-state index in [0.717, 1.165) is 18.7 Å². The van der Waals surface area contributed by atoms with Crippen molar-refractivity contribution in [3.8, 4) is 0 Å². The van der Waals surface area contributed by atoms with Crippen molar-refractivity contribution >= 4 is 10.8 Å². The van der Waals surface area contributed by atoms with Crippen LogP contribution in [0.3, 0.4) is 0 Å². The molecule has 1 aliphatic heterocycles. The summed E-state index contributed by atoms with van der Waals surface area (Å²) in [5, 5.41) is 3.87. The van der Waals surface area contributed by atoms with Crippen LogP contribution in [-0.2, 0) is 10.8 Å². The third kappa shape index (κ3) is 3.06. The van der Waals surface area contributed by atoms with E-state index in [1.54, 1.807) is 0 Å². The Morgan fingerprint density at radius 1 is 1.36 bits per heavy atom. The molecule has 0 amide bonds. The maximum absolute atomic E-state index is 11.9. The topological polar surface area (TPSA) is 29.1 Å². The third-order valence-corrected chi connectivity index (χ3v) is 4.88. The van der Waals surface area contributed by atoms with E-state index in [4.69, 9.17) is 0 Å². The van der Waals surface area contributed by atoms with Crippen LogP contribution < -0.4 is 5.32 Å². The Labute approximate surface area is 90.3 Å². The highest BCUT2D eigenvalue weighted by Gasteiger charge is 2.32. The first-order valence-corrected chi connectivity index (χ1v) is 7.01. The van der Waals surface area contributed by atoms with Crippen LogP contribution in [0, 0.1) is 11.8 Å². The molecule has 0 aromatic rings. The lowest BCUT2D eigenvalue weighted by molar-refractivity contribution is 0.361. The Balaban J connectivity index is 2.65. The summed E-state index contributed by atoms with van der Waals surface area (Å²) in [4.78, 5) is 0. The number of nitrogens with one attached hydrogen (secondary N) is 1. The third-order valence-electron chi connectivity index (χ3n) is 2.79. The van der Waals surface area contributed by atoms with Crippen LogP contribution in [0.5, 0.6) is 0 Å². The van der Waals surface area contributed by atoms with E-state index in [9.17, 15) is 4.21 Å². The molecule has 0 spiro atoms.